The normalized spacial score (nSPS) is 10.1. The fraction of sp³-hybridized carbons (Fsp3) is 0.111. The summed E-state index contributed by atoms with van der Waals surface area (Å²) in [6.45, 7) is 0. The van der Waals surface area contributed by atoms with Crippen molar-refractivity contribution in [2.24, 2.45) is 0 Å². The van der Waals surface area contributed by atoms with Gasteiger partial charge in [0, 0.05) is 6.20 Å². The Balaban J connectivity index is 2.39. The van der Waals surface area contributed by atoms with Crippen molar-refractivity contribution in [3.8, 4) is 5.82 Å². The molecule has 7 heteroatoms. The first kappa shape index (κ1) is 10.2. The number of carbonyl (C=O) groups is 1. The molecule has 0 spiro atoms. The molecule has 6 nitrogen and oxygen atoms in total. The van der Waals surface area contributed by atoms with E-state index in [0.29, 0.717) is 0 Å². The smallest absolute Gasteiger partial charge is 0.377 e. The molecule has 16 heavy (non-hydrogen) atoms. The third-order valence-electron chi connectivity index (χ3n) is 1.82. The van der Waals surface area contributed by atoms with Gasteiger partial charge < -0.3 is 4.74 Å². The topological polar surface area (TPSA) is 69.9 Å². The van der Waals surface area contributed by atoms with Crippen LogP contribution in [-0.4, -0.2) is 32.8 Å². The Morgan fingerprint density at radius 3 is 3.00 bits per heavy atom. The van der Waals surface area contributed by atoms with E-state index in [2.05, 4.69) is 19.8 Å². The molecule has 2 rings (SSSR count). The van der Waals surface area contributed by atoms with Crippen LogP contribution in [0.5, 0.6) is 0 Å². The molecule has 0 radical (unpaired) electrons. The third kappa shape index (κ3) is 1.74. The summed E-state index contributed by atoms with van der Waals surface area (Å²) in [6, 6.07) is 2.69. The number of carbonyl (C=O) groups excluding carboxylic acids is 1. The van der Waals surface area contributed by atoms with E-state index in [-0.39, 0.29) is 11.6 Å². The average Bonchev–Trinajstić information content (AvgIpc) is 2.78. The molecule has 0 atom stereocenters. The van der Waals surface area contributed by atoms with E-state index in [4.69, 9.17) is 0 Å². The molecule has 0 aromatic carbocycles. The van der Waals surface area contributed by atoms with Crippen LogP contribution >= 0.6 is 0 Å². The second-order valence-corrected chi connectivity index (χ2v) is 2.81. The molecule has 0 saturated heterocycles. The monoisotopic (exact) mass is 222 g/mol. The molecule has 0 aliphatic heterocycles. The quantitative estimate of drug-likeness (QED) is 0.695. The number of aromatic nitrogens is 4. The number of ether oxygens (including phenoxy) is 1. The van der Waals surface area contributed by atoms with Crippen LogP contribution < -0.4 is 0 Å². The molecular weight excluding hydrogens is 215 g/mol. The lowest BCUT2D eigenvalue weighted by Gasteiger charge is -1.98. The Bertz CT molecular complexity index is 526. The molecule has 82 valence electrons. The Hall–Kier alpha value is -2.31. The maximum Gasteiger partial charge on any atom is 0.377 e. The standard InChI is InChI=1S/C9H7FN4O2/c1-16-9(15)7-12-5-14(13-7)8-6(10)3-2-4-11-8/h2-5H,1H3. The number of halogens is 1. The van der Waals surface area contributed by atoms with E-state index in [1.165, 1.54) is 31.8 Å². The van der Waals surface area contributed by atoms with Gasteiger partial charge in [0.1, 0.15) is 6.33 Å². The van der Waals surface area contributed by atoms with Crippen molar-refractivity contribution in [1.82, 2.24) is 19.7 Å². The minimum absolute atomic E-state index is 0.0230. The van der Waals surface area contributed by atoms with Crippen molar-refractivity contribution in [2.75, 3.05) is 7.11 Å². The highest BCUT2D eigenvalue weighted by Crippen LogP contribution is 2.07. The Morgan fingerprint density at radius 2 is 2.31 bits per heavy atom. The molecule has 0 unspecified atom stereocenters. The zero-order valence-corrected chi connectivity index (χ0v) is 8.29. The first-order valence-corrected chi connectivity index (χ1v) is 4.33. The van der Waals surface area contributed by atoms with Gasteiger partial charge in [0.2, 0.25) is 0 Å². The van der Waals surface area contributed by atoms with Gasteiger partial charge in [-0.1, -0.05) is 0 Å². The van der Waals surface area contributed by atoms with Crippen LogP contribution in [0, 0.1) is 5.82 Å². The maximum absolute atomic E-state index is 13.3. The number of pyridine rings is 1. The van der Waals surface area contributed by atoms with Gasteiger partial charge in [0.25, 0.3) is 5.82 Å². The zero-order valence-electron chi connectivity index (χ0n) is 8.29. The van der Waals surface area contributed by atoms with E-state index >= 15 is 0 Å². The van der Waals surface area contributed by atoms with Crippen molar-refractivity contribution in [1.29, 1.82) is 0 Å². The van der Waals surface area contributed by atoms with Gasteiger partial charge >= 0.3 is 5.97 Å². The van der Waals surface area contributed by atoms with Crippen LogP contribution in [0.1, 0.15) is 10.6 Å². The summed E-state index contributed by atoms with van der Waals surface area (Å²) in [5, 5.41) is 3.74. The van der Waals surface area contributed by atoms with Gasteiger partial charge in [0.15, 0.2) is 11.6 Å². The zero-order chi connectivity index (χ0) is 11.5. The van der Waals surface area contributed by atoms with E-state index in [9.17, 15) is 9.18 Å². The lowest BCUT2D eigenvalue weighted by Crippen LogP contribution is -2.06. The van der Waals surface area contributed by atoms with Crippen molar-refractivity contribution in [3.05, 3.63) is 36.3 Å². The minimum Gasteiger partial charge on any atom is -0.463 e. The molecular formula is C9H7FN4O2. The Morgan fingerprint density at radius 1 is 1.50 bits per heavy atom. The number of methoxy groups -OCH3 is 1. The molecule has 0 N–H and O–H groups in total. The van der Waals surface area contributed by atoms with E-state index in [1.807, 2.05) is 0 Å². The van der Waals surface area contributed by atoms with Gasteiger partial charge in [-0.15, -0.1) is 5.10 Å². The molecule has 0 saturated carbocycles. The number of rotatable bonds is 2. The molecule has 0 aliphatic rings. The molecule has 0 fully saturated rings. The number of hydrogen-bond donors (Lipinski definition) is 0. The summed E-state index contributed by atoms with van der Waals surface area (Å²) in [5.41, 5.74) is 0. The van der Waals surface area contributed by atoms with Crippen molar-refractivity contribution in [3.63, 3.8) is 0 Å². The van der Waals surface area contributed by atoms with E-state index in [1.54, 1.807) is 0 Å². The summed E-state index contributed by atoms with van der Waals surface area (Å²) >= 11 is 0. The predicted molar refractivity (Wildman–Crippen MR) is 50.5 cm³/mol. The van der Waals surface area contributed by atoms with Crippen LogP contribution in [0.3, 0.4) is 0 Å². The van der Waals surface area contributed by atoms with Gasteiger partial charge in [0.05, 0.1) is 7.11 Å². The number of esters is 1. The molecule has 0 amide bonds. The second-order valence-electron chi connectivity index (χ2n) is 2.81. The first-order chi connectivity index (χ1) is 7.72. The van der Waals surface area contributed by atoms with Crippen LogP contribution in [0.4, 0.5) is 4.39 Å². The van der Waals surface area contributed by atoms with Crippen LogP contribution in [0.2, 0.25) is 0 Å². The summed E-state index contributed by atoms with van der Waals surface area (Å²) in [6.07, 6.45) is 2.61. The predicted octanol–water partition coefficient (Wildman–Crippen LogP) is 0.588. The van der Waals surface area contributed by atoms with Gasteiger partial charge in [-0.25, -0.2) is 19.2 Å². The fourth-order valence-corrected chi connectivity index (χ4v) is 1.10. The van der Waals surface area contributed by atoms with Gasteiger partial charge in [-0.05, 0) is 12.1 Å². The molecule has 2 heterocycles. The number of hydrogen-bond acceptors (Lipinski definition) is 5. The highest BCUT2D eigenvalue weighted by atomic mass is 19.1. The SMILES string of the molecule is COC(=O)c1ncn(-c2ncccc2F)n1. The average molecular weight is 222 g/mol. The van der Waals surface area contributed by atoms with E-state index in [0.717, 1.165) is 4.68 Å². The summed E-state index contributed by atoms with van der Waals surface area (Å²) in [4.78, 5) is 18.5. The minimum atomic E-state index is -0.685. The van der Waals surface area contributed by atoms with E-state index < -0.39 is 11.8 Å². The molecule has 0 bridgehead atoms. The molecule has 0 aliphatic carbocycles. The number of nitrogens with zero attached hydrogens (tertiary/aromatic N) is 4. The largest absolute Gasteiger partial charge is 0.463 e. The highest BCUT2D eigenvalue weighted by molar-refractivity contribution is 5.84. The lowest BCUT2D eigenvalue weighted by molar-refractivity contribution is 0.0587. The summed E-state index contributed by atoms with van der Waals surface area (Å²) < 4.78 is 18.8. The van der Waals surface area contributed by atoms with Crippen LogP contribution in [0.15, 0.2) is 24.7 Å². The van der Waals surface area contributed by atoms with Crippen LogP contribution in [0.25, 0.3) is 5.82 Å². The molecule has 2 aromatic heterocycles. The van der Waals surface area contributed by atoms with Crippen LogP contribution in [-0.2, 0) is 4.74 Å². The van der Waals surface area contributed by atoms with Crippen molar-refractivity contribution >= 4 is 5.97 Å². The third-order valence-corrected chi connectivity index (χ3v) is 1.82. The van der Waals surface area contributed by atoms with Gasteiger partial charge in [-0.2, -0.15) is 4.68 Å². The molecule has 2 aromatic rings. The summed E-state index contributed by atoms with van der Waals surface area (Å²) in [7, 11) is 1.21. The lowest BCUT2D eigenvalue weighted by atomic mass is 10.4. The Labute approximate surface area is 89.7 Å². The summed E-state index contributed by atoms with van der Waals surface area (Å²) in [5.74, 6) is -1.41. The van der Waals surface area contributed by atoms with Crippen molar-refractivity contribution in [2.45, 2.75) is 0 Å². The first-order valence-electron chi connectivity index (χ1n) is 4.33. The second kappa shape index (κ2) is 4.05. The maximum atomic E-state index is 13.3. The highest BCUT2D eigenvalue weighted by Gasteiger charge is 2.14. The Kier molecular flexibility index (Phi) is 2.59. The fourth-order valence-electron chi connectivity index (χ4n) is 1.10. The van der Waals surface area contributed by atoms with Crippen molar-refractivity contribution < 1.29 is 13.9 Å². The van der Waals surface area contributed by atoms with Gasteiger partial charge in [-0.3, -0.25) is 0 Å².